The van der Waals surface area contributed by atoms with Gasteiger partial charge in [0.15, 0.2) is 0 Å². The number of fused-ring (bicyclic) bond motifs is 1. The van der Waals surface area contributed by atoms with E-state index >= 15 is 0 Å². The molecule has 0 aliphatic rings. The molecule has 0 atom stereocenters. The van der Waals surface area contributed by atoms with Gasteiger partial charge in [-0.3, -0.25) is 4.79 Å². The number of nitrogens with zero attached hydrogens (tertiary/aromatic N) is 1. The Kier molecular flexibility index (Phi) is 6.07. The number of methoxy groups -OCH3 is 1. The topological polar surface area (TPSA) is 57.5 Å². The maximum absolute atomic E-state index is 13.0. The second kappa shape index (κ2) is 8.39. The molecule has 0 bridgehead atoms. The van der Waals surface area contributed by atoms with Gasteiger partial charge in [-0.15, -0.1) is 0 Å². The van der Waals surface area contributed by atoms with Gasteiger partial charge >= 0.3 is 12.1 Å². The average molecular weight is 440 g/mol. The SMILES string of the molecule is COC(=O)c1ccc2c(C(=O)C(F)(F)F)cn(CCOc3ccc(Cl)c(C)c3)c2c1. The highest BCUT2D eigenvalue weighted by Crippen LogP contribution is 2.29. The Morgan fingerprint density at radius 3 is 2.50 bits per heavy atom. The number of ketones is 1. The molecule has 1 heterocycles. The Morgan fingerprint density at radius 1 is 1.13 bits per heavy atom. The molecule has 3 aromatic rings. The number of ether oxygens (including phenoxy) is 2. The van der Waals surface area contributed by atoms with Crippen LogP contribution in [0.1, 0.15) is 26.3 Å². The highest BCUT2D eigenvalue weighted by atomic mass is 35.5. The third-order valence-corrected chi connectivity index (χ3v) is 4.96. The van der Waals surface area contributed by atoms with Crippen molar-refractivity contribution in [2.75, 3.05) is 13.7 Å². The number of aryl methyl sites for hydroxylation is 1. The Balaban J connectivity index is 1.93. The van der Waals surface area contributed by atoms with E-state index in [-0.39, 0.29) is 24.1 Å². The summed E-state index contributed by atoms with van der Waals surface area (Å²) in [4.78, 5) is 23.7. The number of esters is 1. The monoisotopic (exact) mass is 439 g/mol. The fraction of sp³-hybridized carbons (Fsp3) is 0.238. The summed E-state index contributed by atoms with van der Waals surface area (Å²) in [5.41, 5.74) is 0.781. The van der Waals surface area contributed by atoms with E-state index in [9.17, 15) is 22.8 Å². The minimum Gasteiger partial charge on any atom is -0.492 e. The number of aromatic nitrogens is 1. The summed E-state index contributed by atoms with van der Waals surface area (Å²) in [6, 6.07) is 9.11. The largest absolute Gasteiger partial charge is 0.492 e. The highest BCUT2D eigenvalue weighted by molar-refractivity contribution is 6.31. The molecule has 158 valence electrons. The number of halogens is 4. The van der Waals surface area contributed by atoms with E-state index in [0.717, 1.165) is 11.8 Å². The van der Waals surface area contributed by atoms with Gasteiger partial charge in [-0.25, -0.2) is 4.79 Å². The summed E-state index contributed by atoms with van der Waals surface area (Å²) in [5, 5.41) is 0.678. The molecular formula is C21H17ClF3NO4. The van der Waals surface area contributed by atoms with E-state index in [1.54, 1.807) is 18.2 Å². The second-order valence-electron chi connectivity index (χ2n) is 6.55. The molecule has 0 saturated carbocycles. The quantitative estimate of drug-likeness (QED) is 0.390. The number of hydrogen-bond donors (Lipinski definition) is 0. The highest BCUT2D eigenvalue weighted by Gasteiger charge is 2.40. The van der Waals surface area contributed by atoms with Crippen molar-refractivity contribution in [2.45, 2.75) is 19.6 Å². The van der Waals surface area contributed by atoms with Crippen LogP contribution in [0.5, 0.6) is 5.75 Å². The molecule has 0 aliphatic heterocycles. The van der Waals surface area contributed by atoms with E-state index < -0.39 is 23.5 Å². The molecule has 0 amide bonds. The molecule has 3 rings (SSSR count). The van der Waals surface area contributed by atoms with Crippen molar-refractivity contribution >= 4 is 34.3 Å². The first-order chi connectivity index (χ1) is 14.1. The Bertz CT molecular complexity index is 1120. The van der Waals surface area contributed by atoms with Crippen LogP contribution in [0.3, 0.4) is 0 Å². The summed E-state index contributed by atoms with van der Waals surface area (Å²) in [6.45, 7) is 2.08. The van der Waals surface area contributed by atoms with E-state index in [1.807, 2.05) is 6.92 Å². The van der Waals surface area contributed by atoms with Crippen molar-refractivity contribution in [3.63, 3.8) is 0 Å². The average Bonchev–Trinajstić information content (AvgIpc) is 3.06. The molecule has 0 spiro atoms. The minimum atomic E-state index is -5.02. The van der Waals surface area contributed by atoms with Crippen LogP contribution >= 0.6 is 11.6 Å². The number of carbonyl (C=O) groups excluding carboxylic acids is 2. The molecule has 0 saturated heterocycles. The van der Waals surface area contributed by atoms with Crippen molar-refractivity contribution in [1.29, 1.82) is 0 Å². The number of carbonyl (C=O) groups is 2. The Hall–Kier alpha value is -3.00. The van der Waals surface area contributed by atoms with E-state index in [4.69, 9.17) is 16.3 Å². The zero-order chi connectivity index (χ0) is 22.1. The van der Waals surface area contributed by atoms with Gasteiger partial charge in [0.25, 0.3) is 5.78 Å². The maximum Gasteiger partial charge on any atom is 0.454 e. The molecule has 0 unspecified atom stereocenters. The van der Waals surface area contributed by atoms with Crippen molar-refractivity contribution in [3.05, 3.63) is 64.3 Å². The van der Waals surface area contributed by atoms with Crippen LogP contribution < -0.4 is 4.74 Å². The fourth-order valence-corrected chi connectivity index (χ4v) is 3.14. The standard InChI is InChI=1S/C21H17ClF3NO4/c1-12-9-14(4-6-17(12)22)30-8-7-26-11-16(19(27)21(23,24)25)15-5-3-13(10-18(15)26)20(28)29-2/h3-6,9-11H,7-8H2,1-2H3. The molecule has 9 heteroatoms. The van der Waals surface area contributed by atoms with Crippen LogP contribution in [0.4, 0.5) is 13.2 Å². The lowest BCUT2D eigenvalue weighted by Gasteiger charge is -2.10. The molecule has 0 radical (unpaired) electrons. The molecule has 30 heavy (non-hydrogen) atoms. The third-order valence-electron chi connectivity index (χ3n) is 4.54. The van der Waals surface area contributed by atoms with Crippen molar-refractivity contribution in [1.82, 2.24) is 4.57 Å². The van der Waals surface area contributed by atoms with Gasteiger partial charge in [0.1, 0.15) is 12.4 Å². The van der Waals surface area contributed by atoms with Gasteiger partial charge in [-0.05, 0) is 42.8 Å². The number of alkyl halides is 3. The summed E-state index contributed by atoms with van der Waals surface area (Å²) in [5.74, 6) is -2.04. The number of rotatable bonds is 6. The predicted molar refractivity (Wildman–Crippen MR) is 105 cm³/mol. The normalized spacial score (nSPS) is 11.5. The van der Waals surface area contributed by atoms with E-state index in [2.05, 4.69) is 4.74 Å². The lowest BCUT2D eigenvalue weighted by Crippen LogP contribution is -2.22. The van der Waals surface area contributed by atoms with Crippen molar-refractivity contribution in [3.8, 4) is 5.75 Å². The number of Topliss-reactive ketones (excluding diaryl/α,β-unsaturated/α-hetero) is 1. The van der Waals surface area contributed by atoms with Gasteiger partial charge in [0, 0.05) is 22.1 Å². The molecule has 1 aromatic heterocycles. The molecule has 5 nitrogen and oxygen atoms in total. The molecule has 0 fully saturated rings. The van der Waals surface area contributed by atoms with Crippen molar-refractivity contribution in [2.24, 2.45) is 0 Å². The van der Waals surface area contributed by atoms with Gasteiger partial charge in [-0.2, -0.15) is 13.2 Å². The summed E-state index contributed by atoms with van der Waals surface area (Å²) in [6.07, 6.45) is -3.89. The van der Waals surface area contributed by atoms with E-state index in [1.165, 1.54) is 29.9 Å². The second-order valence-corrected chi connectivity index (χ2v) is 6.95. The lowest BCUT2D eigenvalue weighted by molar-refractivity contribution is -0.0884. The van der Waals surface area contributed by atoms with Gasteiger partial charge in [0.2, 0.25) is 0 Å². The Morgan fingerprint density at radius 2 is 1.87 bits per heavy atom. The molecule has 0 N–H and O–H groups in total. The Labute approximate surface area is 174 Å². The molecule has 2 aromatic carbocycles. The van der Waals surface area contributed by atoms with Crippen molar-refractivity contribution < 1.29 is 32.2 Å². The fourth-order valence-electron chi connectivity index (χ4n) is 3.02. The summed E-state index contributed by atoms with van der Waals surface area (Å²) >= 11 is 5.98. The minimum absolute atomic E-state index is 0.0901. The smallest absolute Gasteiger partial charge is 0.454 e. The van der Waals surface area contributed by atoms with Crippen LogP contribution in [0.15, 0.2) is 42.6 Å². The zero-order valence-corrected chi connectivity index (χ0v) is 16.8. The summed E-state index contributed by atoms with van der Waals surface area (Å²) < 4.78 is 50.8. The van der Waals surface area contributed by atoms with Crippen LogP contribution in [0.25, 0.3) is 10.9 Å². The van der Waals surface area contributed by atoms with Gasteiger partial charge < -0.3 is 14.0 Å². The third kappa shape index (κ3) is 4.43. The first-order valence-electron chi connectivity index (χ1n) is 8.83. The number of hydrogen-bond acceptors (Lipinski definition) is 4. The summed E-state index contributed by atoms with van der Waals surface area (Å²) in [7, 11) is 1.20. The van der Waals surface area contributed by atoms with Crippen LogP contribution in [0, 0.1) is 6.92 Å². The van der Waals surface area contributed by atoms with Gasteiger partial charge in [-0.1, -0.05) is 17.7 Å². The van der Waals surface area contributed by atoms with Gasteiger partial charge in [0.05, 0.1) is 24.8 Å². The van der Waals surface area contributed by atoms with Crippen LogP contribution in [-0.4, -0.2) is 36.2 Å². The lowest BCUT2D eigenvalue weighted by atomic mass is 10.1. The zero-order valence-electron chi connectivity index (χ0n) is 16.0. The van der Waals surface area contributed by atoms with Crippen LogP contribution in [-0.2, 0) is 11.3 Å². The predicted octanol–water partition coefficient (Wildman–Crippen LogP) is 5.21. The van der Waals surface area contributed by atoms with E-state index in [0.29, 0.717) is 16.3 Å². The number of benzene rings is 2. The maximum atomic E-state index is 13.0. The first kappa shape index (κ1) is 21.7. The molecular weight excluding hydrogens is 423 g/mol. The molecule has 0 aliphatic carbocycles. The first-order valence-corrected chi connectivity index (χ1v) is 9.21. The van der Waals surface area contributed by atoms with Crippen LogP contribution in [0.2, 0.25) is 5.02 Å².